The number of nitrogens with one attached hydrogen (secondary N) is 1. The molecule has 1 aliphatic rings. The van der Waals surface area contributed by atoms with Crippen molar-refractivity contribution in [3.8, 4) is 0 Å². The SMILES string of the molecule is CC1CCN(c2nc(NCCc3ccc(F)cc3)c3ccc(C(F)(F)F)cc3n2)C1. The Hall–Kier alpha value is -2.90. The van der Waals surface area contributed by atoms with Crippen molar-refractivity contribution in [2.75, 3.05) is 29.9 Å². The number of benzene rings is 2. The first-order valence-corrected chi connectivity index (χ1v) is 9.92. The van der Waals surface area contributed by atoms with E-state index in [0.717, 1.165) is 37.2 Å². The average Bonchev–Trinajstić information content (AvgIpc) is 3.14. The highest BCUT2D eigenvalue weighted by Crippen LogP contribution is 2.33. The molecule has 0 spiro atoms. The summed E-state index contributed by atoms with van der Waals surface area (Å²) in [5.41, 5.74) is 0.487. The van der Waals surface area contributed by atoms with Crippen molar-refractivity contribution in [3.63, 3.8) is 0 Å². The molecular weight excluding hydrogens is 396 g/mol. The monoisotopic (exact) mass is 418 g/mol. The zero-order chi connectivity index (χ0) is 21.3. The third-order valence-electron chi connectivity index (χ3n) is 5.34. The van der Waals surface area contributed by atoms with Crippen molar-refractivity contribution in [1.29, 1.82) is 0 Å². The van der Waals surface area contributed by atoms with Crippen LogP contribution in [0.1, 0.15) is 24.5 Å². The van der Waals surface area contributed by atoms with Gasteiger partial charge in [0.05, 0.1) is 11.1 Å². The van der Waals surface area contributed by atoms with Gasteiger partial charge in [-0.1, -0.05) is 19.1 Å². The third kappa shape index (κ3) is 4.47. The first-order valence-electron chi connectivity index (χ1n) is 9.92. The van der Waals surface area contributed by atoms with Gasteiger partial charge in [0.15, 0.2) is 0 Å². The van der Waals surface area contributed by atoms with Crippen LogP contribution in [0.25, 0.3) is 10.9 Å². The summed E-state index contributed by atoms with van der Waals surface area (Å²) in [7, 11) is 0. The Bertz CT molecular complexity index is 1030. The minimum Gasteiger partial charge on any atom is -0.369 e. The van der Waals surface area contributed by atoms with Crippen LogP contribution in [0.5, 0.6) is 0 Å². The van der Waals surface area contributed by atoms with Gasteiger partial charge in [-0.2, -0.15) is 18.2 Å². The summed E-state index contributed by atoms with van der Waals surface area (Å²) in [5, 5.41) is 3.77. The van der Waals surface area contributed by atoms with Gasteiger partial charge in [0.1, 0.15) is 11.6 Å². The first-order chi connectivity index (χ1) is 14.3. The summed E-state index contributed by atoms with van der Waals surface area (Å²) in [5.74, 6) is 1.14. The Morgan fingerprint density at radius 1 is 1.10 bits per heavy atom. The smallest absolute Gasteiger partial charge is 0.369 e. The van der Waals surface area contributed by atoms with Gasteiger partial charge in [0.2, 0.25) is 5.95 Å². The number of aromatic nitrogens is 2. The molecule has 2 aromatic carbocycles. The third-order valence-corrected chi connectivity index (χ3v) is 5.34. The molecule has 0 radical (unpaired) electrons. The molecule has 1 N–H and O–H groups in total. The molecule has 1 fully saturated rings. The number of anilines is 2. The lowest BCUT2D eigenvalue weighted by atomic mass is 10.1. The largest absolute Gasteiger partial charge is 0.416 e. The van der Waals surface area contributed by atoms with Crippen LogP contribution in [-0.4, -0.2) is 29.6 Å². The van der Waals surface area contributed by atoms with Crippen LogP contribution < -0.4 is 10.2 Å². The molecule has 158 valence electrons. The Labute approximate surface area is 171 Å². The van der Waals surface area contributed by atoms with Gasteiger partial charge in [-0.05, 0) is 54.7 Å². The molecular formula is C22H22F4N4. The number of hydrogen-bond acceptors (Lipinski definition) is 4. The summed E-state index contributed by atoms with van der Waals surface area (Å²) in [4.78, 5) is 11.1. The highest BCUT2D eigenvalue weighted by Gasteiger charge is 2.31. The van der Waals surface area contributed by atoms with Crippen molar-refractivity contribution < 1.29 is 17.6 Å². The van der Waals surface area contributed by atoms with E-state index in [-0.39, 0.29) is 11.3 Å². The van der Waals surface area contributed by atoms with E-state index in [2.05, 4.69) is 22.2 Å². The van der Waals surface area contributed by atoms with Crippen LogP contribution in [0, 0.1) is 11.7 Å². The van der Waals surface area contributed by atoms with E-state index in [0.29, 0.717) is 36.0 Å². The number of alkyl halides is 3. The number of rotatable bonds is 5. The number of halogens is 4. The summed E-state index contributed by atoms with van der Waals surface area (Å²) < 4.78 is 52.6. The van der Waals surface area contributed by atoms with E-state index in [1.165, 1.54) is 18.2 Å². The predicted octanol–water partition coefficient (Wildman–Crippen LogP) is 5.29. The predicted molar refractivity (Wildman–Crippen MR) is 109 cm³/mol. The van der Waals surface area contributed by atoms with Gasteiger partial charge in [-0.25, -0.2) is 9.37 Å². The Kier molecular flexibility index (Phi) is 5.49. The Morgan fingerprint density at radius 2 is 1.87 bits per heavy atom. The molecule has 2 heterocycles. The van der Waals surface area contributed by atoms with Crippen LogP contribution in [0.4, 0.5) is 29.3 Å². The van der Waals surface area contributed by atoms with Crippen LogP contribution in [0.2, 0.25) is 0 Å². The lowest BCUT2D eigenvalue weighted by molar-refractivity contribution is -0.137. The standard InChI is InChI=1S/C22H22F4N4/c1-14-9-11-30(13-14)21-28-19-12-16(22(24,25)26)4-7-18(19)20(29-21)27-10-8-15-2-5-17(23)6-3-15/h2-7,12,14H,8-11,13H2,1H3,(H,27,28,29). The number of nitrogens with zero attached hydrogens (tertiary/aromatic N) is 3. The van der Waals surface area contributed by atoms with Gasteiger partial charge < -0.3 is 10.2 Å². The van der Waals surface area contributed by atoms with E-state index in [1.54, 1.807) is 12.1 Å². The Balaban J connectivity index is 1.64. The quantitative estimate of drug-likeness (QED) is 0.572. The fourth-order valence-corrected chi connectivity index (χ4v) is 3.66. The molecule has 0 saturated carbocycles. The highest BCUT2D eigenvalue weighted by molar-refractivity contribution is 5.90. The number of fused-ring (bicyclic) bond motifs is 1. The normalized spacial score (nSPS) is 17.0. The second-order valence-electron chi connectivity index (χ2n) is 7.75. The molecule has 8 heteroatoms. The van der Waals surface area contributed by atoms with Crippen molar-refractivity contribution in [2.24, 2.45) is 5.92 Å². The van der Waals surface area contributed by atoms with Crippen molar-refractivity contribution in [1.82, 2.24) is 9.97 Å². The molecule has 1 aromatic heterocycles. The van der Waals surface area contributed by atoms with E-state index in [9.17, 15) is 17.6 Å². The van der Waals surface area contributed by atoms with E-state index >= 15 is 0 Å². The van der Waals surface area contributed by atoms with Crippen molar-refractivity contribution in [2.45, 2.75) is 25.9 Å². The molecule has 0 bridgehead atoms. The van der Waals surface area contributed by atoms with Crippen LogP contribution in [0.15, 0.2) is 42.5 Å². The van der Waals surface area contributed by atoms with Gasteiger partial charge in [-0.3, -0.25) is 0 Å². The van der Waals surface area contributed by atoms with Crippen LogP contribution >= 0.6 is 0 Å². The molecule has 3 aromatic rings. The number of hydrogen-bond donors (Lipinski definition) is 1. The molecule has 30 heavy (non-hydrogen) atoms. The van der Waals surface area contributed by atoms with Gasteiger partial charge in [-0.15, -0.1) is 0 Å². The minimum atomic E-state index is -4.43. The maximum Gasteiger partial charge on any atom is 0.416 e. The van der Waals surface area contributed by atoms with Crippen molar-refractivity contribution >= 4 is 22.7 Å². The zero-order valence-electron chi connectivity index (χ0n) is 16.5. The second kappa shape index (κ2) is 8.08. The van der Waals surface area contributed by atoms with Crippen LogP contribution in [0.3, 0.4) is 0 Å². The molecule has 1 aliphatic heterocycles. The van der Waals surface area contributed by atoms with Gasteiger partial charge >= 0.3 is 6.18 Å². The first kappa shape index (κ1) is 20.4. The maximum atomic E-state index is 13.2. The summed E-state index contributed by atoms with van der Waals surface area (Å²) in [6.07, 6.45) is -2.81. The second-order valence-corrected chi connectivity index (χ2v) is 7.75. The molecule has 0 aliphatic carbocycles. The van der Waals surface area contributed by atoms with E-state index < -0.39 is 11.7 Å². The van der Waals surface area contributed by atoms with Gasteiger partial charge in [0.25, 0.3) is 0 Å². The summed E-state index contributed by atoms with van der Waals surface area (Å²) in [6.45, 7) is 4.19. The maximum absolute atomic E-state index is 13.2. The van der Waals surface area contributed by atoms with E-state index in [4.69, 9.17) is 0 Å². The average molecular weight is 418 g/mol. The molecule has 1 saturated heterocycles. The fraction of sp³-hybridized carbons (Fsp3) is 0.364. The highest BCUT2D eigenvalue weighted by atomic mass is 19.4. The lowest BCUT2D eigenvalue weighted by Crippen LogP contribution is -2.22. The van der Waals surface area contributed by atoms with Crippen LogP contribution in [-0.2, 0) is 12.6 Å². The summed E-state index contributed by atoms with van der Waals surface area (Å²) in [6, 6.07) is 9.76. The lowest BCUT2D eigenvalue weighted by Gasteiger charge is -2.19. The molecule has 1 atom stereocenters. The fourth-order valence-electron chi connectivity index (χ4n) is 3.66. The zero-order valence-corrected chi connectivity index (χ0v) is 16.5. The molecule has 0 amide bonds. The van der Waals surface area contributed by atoms with E-state index in [1.807, 2.05) is 4.90 Å². The summed E-state index contributed by atoms with van der Waals surface area (Å²) >= 11 is 0. The minimum absolute atomic E-state index is 0.263. The molecule has 4 rings (SSSR count). The van der Waals surface area contributed by atoms with Gasteiger partial charge in [0, 0.05) is 25.0 Å². The molecule has 4 nitrogen and oxygen atoms in total. The van der Waals surface area contributed by atoms with Crippen molar-refractivity contribution in [3.05, 3.63) is 59.4 Å². The Morgan fingerprint density at radius 3 is 2.53 bits per heavy atom. The topological polar surface area (TPSA) is 41.1 Å². The molecule has 1 unspecified atom stereocenters.